The van der Waals surface area contributed by atoms with Crippen molar-refractivity contribution in [2.45, 2.75) is 33.0 Å². The van der Waals surface area contributed by atoms with Crippen LogP contribution >= 0.6 is 0 Å². The largest absolute Gasteiger partial charge is 0.419 e. The molecular formula is C16H20N6O. The first-order chi connectivity index (χ1) is 11.1. The Hall–Kier alpha value is -2.54. The first-order valence-corrected chi connectivity index (χ1v) is 7.58. The van der Waals surface area contributed by atoms with Crippen molar-refractivity contribution in [1.82, 2.24) is 29.9 Å². The molecule has 0 radical (unpaired) electrons. The van der Waals surface area contributed by atoms with Crippen LogP contribution in [0.25, 0.3) is 11.5 Å². The maximum absolute atomic E-state index is 5.73. The van der Waals surface area contributed by atoms with Crippen molar-refractivity contribution in [2.75, 3.05) is 7.05 Å². The van der Waals surface area contributed by atoms with E-state index in [9.17, 15) is 0 Å². The van der Waals surface area contributed by atoms with Gasteiger partial charge in [0, 0.05) is 11.6 Å². The van der Waals surface area contributed by atoms with Gasteiger partial charge in [-0.1, -0.05) is 18.2 Å². The van der Waals surface area contributed by atoms with Crippen LogP contribution in [0, 0.1) is 0 Å². The summed E-state index contributed by atoms with van der Waals surface area (Å²) < 4.78 is 7.79. The first kappa shape index (κ1) is 15.4. The molecule has 1 aromatic carbocycles. The third-order valence-electron chi connectivity index (χ3n) is 3.51. The van der Waals surface area contributed by atoms with E-state index in [-0.39, 0.29) is 0 Å². The first-order valence-electron chi connectivity index (χ1n) is 7.58. The van der Waals surface area contributed by atoms with Crippen molar-refractivity contribution in [1.29, 1.82) is 0 Å². The number of rotatable bonds is 6. The molecule has 3 aromatic rings. The highest BCUT2D eigenvalue weighted by Crippen LogP contribution is 2.18. The zero-order valence-corrected chi connectivity index (χ0v) is 13.5. The molecule has 0 bridgehead atoms. The van der Waals surface area contributed by atoms with Gasteiger partial charge in [0.2, 0.25) is 11.8 Å². The summed E-state index contributed by atoms with van der Waals surface area (Å²) in [5, 5.41) is 16.4. The van der Waals surface area contributed by atoms with E-state index in [1.165, 1.54) is 0 Å². The predicted molar refractivity (Wildman–Crippen MR) is 85.3 cm³/mol. The van der Waals surface area contributed by atoms with Crippen LogP contribution in [0.1, 0.15) is 31.6 Å². The molecule has 0 saturated heterocycles. The van der Waals surface area contributed by atoms with Gasteiger partial charge in [0.25, 0.3) is 0 Å². The lowest BCUT2D eigenvalue weighted by atomic mass is 10.2. The van der Waals surface area contributed by atoms with Crippen molar-refractivity contribution in [2.24, 2.45) is 0 Å². The second-order valence-electron chi connectivity index (χ2n) is 5.79. The van der Waals surface area contributed by atoms with Gasteiger partial charge in [-0.2, -0.15) is 0 Å². The minimum Gasteiger partial charge on any atom is -0.419 e. The van der Waals surface area contributed by atoms with Crippen LogP contribution in [-0.4, -0.2) is 36.9 Å². The summed E-state index contributed by atoms with van der Waals surface area (Å²) in [7, 11) is 1.99. The van der Waals surface area contributed by atoms with E-state index in [2.05, 4.69) is 43.7 Å². The summed E-state index contributed by atoms with van der Waals surface area (Å²) in [6.07, 6.45) is 1.76. The molecule has 0 unspecified atom stereocenters. The van der Waals surface area contributed by atoms with Gasteiger partial charge in [-0.15, -0.1) is 20.4 Å². The van der Waals surface area contributed by atoms with Gasteiger partial charge < -0.3 is 8.98 Å². The maximum Gasteiger partial charge on any atom is 0.247 e. The van der Waals surface area contributed by atoms with E-state index in [0.29, 0.717) is 30.9 Å². The van der Waals surface area contributed by atoms with E-state index in [1.807, 2.05) is 37.4 Å². The fourth-order valence-electron chi connectivity index (χ4n) is 2.35. The van der Waals surface area contributed by atoms with E-state index >= 15 is 0 Å². The Balaban J connectivity index is 1.65. The molecule has 0 spiro atoms. The molecule has 120 valence electrons. The number of nitrogens with zero attached hydrogens (tertiary/aromatic N) is 6. The molecule has 7 heteroatoms. The summed E-state index contributed by atoms with van der Waals surface area (Å²) in [5.74, 6) is 2.05. The van der Waals surface area contributed by atoms with Crippen LogP contribution in [0.15, 0.2) is 41.1 Å². The second-order valence-corrected chi connectivity index (χ2v) is 5.79. The van der Waals surface area contributed by atoms with Crippen LogP contribution in [0.3, 0.4) is 0 Å². The molecule has 2 aromatic heterocycles. The molecule has 0 aliphatic carbocycles. The van der Waals surface area contributed by atoms with Crippen molar-refractivity contribution >= 4 is 0 Å². The van der Waals surface area contributed by atoms with Crippen LogP contribution in [-0.2, 0) is 13.1 Å². The smallest absolute Gasteiger partial charge is 0.247 e. The van der Waals surface area contributed by atoms with Crippen LogP contribution in [0.5, 0.6) is 0 Å². The lowest BCUT2D eigenvalue weighted by Gasteiger charge is -2.16. The second kappa shape index (κ2) is 6.70. The standard InChI is InChI=1S/C16H20N6O/c1-12(2)22-11-17-18-14(22)9-21(3)10-15-19-20-16(23-15)13-7-5-4-6-8-13/h4-8,11-12H,9-10H2,1-3H3. The van der Waals surface area contributed by atoms with E-state index < -0.39 is 0 Å². The number of aromatic nitrogens is 5. The lowest BCUT2D eigenvalue weighted by molar-refractivity contribution is 0.270. The van der Waals surface area contributed by atoms with E-state index in [4.69, 9.17) is 4.42 Å². The molecule has 0 N–H and O–H groups in total. The topological polar surface area (TPSA) is 72.9 Å². The van der Waals surface area contributed by atoms with Crippen LogP contribution in [0.4, 0.5) is 0 Å². The van der Waals surface area contributed by atoms with Crippen molar-refractivity contribution in [3.05, 3.63) is 48.4 Å². The summed E-state index contributed by atoms with van der Waals surface area (Å²) >= 11 is 0. The molecule has 0 amide bonds. The molecular weight excluding hydrogens is 292 g/mol. The van der Waals surface area contributed by atoms with Crippen molar-refractivity contribution < 1.29 is 4.42 Å². The number of hydrogen-bond donors (Lipinski definition) is 0. The zero-order valence-electron chi connectivity index (χ0n) is 13.5. The summed E-state index contributed by atoms with van der Waals surface area (Å²) in [6.45, 7) is 5.44. The SMILES string of the molecule is CC(C)n1cnnc1CN(C)Cc1nnc(-c2ccccc2)o1. The summed E-state index contributed by atoms with van der Waals surface area (Å²) in [5.41, 5.74) is 0.924. The normalized spacial score (nSPS) is 11.5. The minimum absolute atomic E-state index is 0.335. The fourth-order valence-corrected chi connectivity index (χ4v) is 2.35. The third-order valence-corrected chi connectivity index (χ3v) is 3.51. The molecule has 0 atom stereocenters. The summed E-state index contributed by atoms with van der Waals surface area (Å²) in [4.78, 5) is 2.07. The van der Waals surface area contributed by atoms with Crippen molar-refractivity contribution in [3.63, 3.8) is 0 Å². The van der Waals surface area contributed by atoms with Gasteiger partial charge in [-0.05, 0) is 33.0 Å². The fraction of sp³-hybridized carbons (Fsp3) is 0.375. The monoisotopic (exact) mass is 312 g/mol. The van der Waals surface area contributed by atoms with Gasteiger partial charge in [-0.3, -0.25) is 4.90 Å². The highest BCUT2D eigenvalue weighted by atomic mass is 16.4. The van der Waals surface area contributed by atoms with Crippen LogP contribution in [0.2, 0.25) is 0 Å². The Bertz CT molecular complexity index is 749. The van der Waals surface area contributed by atoms with Gasteiger partial charge in [0.05, 0.1) is 13.1 Å². The minimum atomic E-state index is 0.335. The molecule has 0 fully saturated rings. The quantitative estimate of drug-likeness (QED) is 0.696. The summed E-state index contributed by atoms with van der Waals surface area (Å²) in [6, 6.07) is 10.1. The van der Waals surface area contributed by atoms with Crippen LogP contribution < -0.4 is 0 Å². The Kier molecular flexibility index (Phi) is 4.47. The molecule has 23 heavy (non-hydrogen) atoms. The highest BCUT2D eigenvalue weighted by Gasteiger charge is 2.14. The lowest BCUT2D eigenvalue weighted by Crippen LogP contribution is -2.20. The Morgan fingerprint density at radius 1 is 1.09 bits per heavy atom. The predicted octanol–water partition coefficient (Wildman–Crippen LogP) is 2.54. The Morgan fingerprint density at radius 3 is 2.61 bits per heavy atom. The molecule has 2 heterocycles. The van der Waals surface area contributed by atoms with Gasteiger partial charge >= 0.3 is 0 Å². The molecule has 0 aliphatic heterocycles. The van der Waals surface area contributed by atoms with E-state index in [1.54, 1.807) is 6.33 Å². The number of hydrogen-bond acceptors (Lipinski definition) is 6. The molecule has 0 saturated carbocycles. The third kappa shape index (κ3) is 3.62. The average Bonchev–Trinajstić information content (AvgIpc) is 3.17. The average molecular weight is 312 g/mol. The Morgan fingerprint density at radius 2 is 1.87 bits per heavy atom. The highest BCUT2D eigenvalue weighted by molar-refractivity contribution is 5.51. The van der Waals surface area contributed by atoms with Gasteiger partial charge in [0.15, 0.2) is 0 Å². The zero-order chi connectivity index (χ0) is 16.2. The molecule has 7 nitrogen and oxygen atoms in total. The van der Waals surface area contributed by atoms with Gasteiger partial charge in [-0.25, -0.2) is 0 Å². The Labute approximate surface area is 135 Å². The molecule has 3 rings (SSSR count). The van der Waals surface area contributed by atoms with Gasteiger partial charge in [0.1, 0.15) is 12.2 Å². The number of benzene rings is 1. The van der Waals surface area contributed by atoms with E-state index in [0.717, 1.165) is 11.4 Å². The maximum atomic E-state index is 5.73. The van der Waals surface area contributed by atoms with Crippen molar-refractivity contribution in [3.8, 4) is 11.5 Å². The molecule has 0 aliphatic rings.